The van der Waals surface area contributed by atoms with Crippen LogP contribution in [0.15, 0.2) is 12.1 Å². The number of hydrogen-bond acceptors (Lipinski definition) is 5. The SMILES string of the molecule is C[C@@H](NC(=O)OC(C)(C)C)C(=O)Nc1cc(C(F)(F)F)cc2c1OCC(=O)N2. The summed E-state index contributed by atoms with van der Waals surface area (Å²) in [5.41, 5.74) is -2.37. The summed E-state index contributed by atoms with van der Waals surface area (Å²) in [6, 6.07) is 0.289. The molecule has 0 fully saturated rings. The highest BCUT2D eigenvalue weighted by Gasteiger charge is 2.34. The van der Waals surface area contributed by atoms with Crippen molar-refractivity contribution in [3.63, 3.8) is 0 Å². The number of carbonyl (C=O) groups excluding carboxylic acids is 3. The lowest BCUT2D eigenvalue weighted by molar-refractivity contribution is -0.137. The Labute approximate surface area is 158 Å². The Bertz CT molecular complexity index is 802. The number of alkyl carbamates (subject to hydrolysis) is 1. The van der Waals surface area contributed by atoms with Gasteiger partial charge in [-0.25, -0.2) is 4.79 Å². The highest BCUT2D eigenvalue weighted by Crippen LogP contribution is 2.42. The maximum absolute atomic E-state index is 13.1. The fraction of sp³-hybridized carbons (Fsp3) is 0.471. The molecular weight excluding hydrogens is 383 g/mol. The summed E-state index contributed by atoms with van der Waals surface area (Å²) in [5, 5.41) is 6.83. The topological polar surface area (TPSA) is 106 Å². The highest BCUT2D eigenvalue weighted by molar-refractivity contribution is 6.02. The second kappa shape index (κ2) is 7.56. The normalized spacial score (nSPS) is 14.9. The number of alkyl halides is 3. The molecule has 0 bridgehead atoms. The van der Waals surface area contributed by atoms with Gasteiger partial charge in [0, 0.05) is 0 Å². The van der Waals surface area contributed by atoms with Crippen molar-refractivity contribution in [3.8, 4) is 5.75 Å². The number of fused-ring (bicyclic) bond motifs is 1. The molecule has 1 aromatic rings. The molecule has 3 amide bonds. The zero-order valence-corrected chi connectivity index (χ0v) is 15.6. The van der Waals surface area contributed by atoms with Gasteiger partial charge in [0.2, 0.25) is 5.91 Å². The van der Waals surface area contributed by atoms with Crippen molar-refractivity contribution in [2.75, 3.05) is 17.2 Å². The Morgan fingerprint density at radius 2 is 1.89 bits per heavy atom. The van der Waals surface area contributed by atoms with Crippen LogP contribution in [0, 0.1) is 0 Å². The Morgan fingerprint density at radius 3 is 2.46 bits per heavy atom. The molecule has 0 unspecified atom stereocenters. The van der Waals surface area contributed by atoms with Crippen LogP contribution in [0.4, 0.5) is 29.3 Å². The van der Waals surface area contributed by atoms with Gasteiger partial charge in [-0.1, -0.05) is 0 Å². The molecule has 1 aliphatic rings. The molecule has 1 heterocycles. The molecule has 0 radical (unpaired) electrons. The van der Waals surface area contributed by atoms with E-state index in [9.17, 15) is 27.6 Å². The quantitative estimate of drug-likeness (QED) is 0.720. The van der Waals surface area contributed by atoms with Crippen molar-refractivity contribution in [3.05, 3.63) is 17.7 Å². The van der Waals surface area contributed by atoms with E-state index in [1.54, 1.807) is 20.8 Å². The fourth-order valence-electron chi connectivity index (χ4n) is 2.25. The molecule has 0 spiro atoms. The van der Waals surface area contributed by atoms with Crippen LogP contribution in [0.25, 0.3) is 0 Å². The van der Waals surface area contributed by atoms with Gasteiger partial charge in [-0.3, -0.25) is 9.59 Å². The van der Waals surface area contributed by atoms with Gasteiger partial charge < -0.3 is 25.4 Å². The second-order valence-corrected chi connectivity index (χ2v) is 7.09. The Morgan fingerprint density at radius 1 is 1.25 bits per heavy atom. The second-order valence-electron chi connectivity index (χ2n) is 7.09. The summed E-state index contributed by atoms with van der Waals surface area (Å²) in [4.78, 5) is 35.5. The number of halogens is 3. The van der Waals surface area contributed by atoms with E-state index in [2.05, 4.69) is 16.0 Å². The zero-order chi connectivity index (χ0) is 21.3. The highest BCUT2D eigenvalue weighted by atomic mass is 19.4. The largest absolute Gasteiger partial charge is 0.479 e. The molecule has 1 aliphatic heterocycles. The van der Waals surface area contributed by atoms with E-state index in [0.29, 0.717) is 12.1 Å². The average Bonchev–Trinajstić information content (AvgIpc) is 2.51. The number of amides is 3. The summed E-state index contributed by atoms with van der Waals surface area (Å²) >= 11 is 0. The van der Waals surface area contributed by atoms with Crippen LogP contribution in [-0.4, -0.2) is 36.2 Å². The van der Waals surface area contributed by atoms with Crippen LogP contribution in [0.1, 0.15) is 33.3 Å². The lowest BCUT2D eigenvalue weighted by Crippen LogP contribution is -2.44. The Kier molecular flexibility index (Phi) is 5.76. The lowest BCUT2D eigenvalue weighted by Gasteiger charge is -2.24. The minimum absolute atomic E-state index is 0.106. The first-order valence-corrected chi connectivity index (χ1v) is 8.24. The van der Waals surface area contributed by atoms with Gasteiger partial charge in [0.05, 0.1) is 16.9 Å². The van der Waals surface area contributed by atoms with Gasteiger partial charge >= 0.3 is 12.3 Å². The first-order valence-electron chi connectivity index (χ1n) is 8.24. The Hall–Kier alpha value is -2.98. The van der Waals surface area contributed by atoms with Gasteiger partial charge in [0.15, 0.2) is 12.4 Å². The monoisotopic (exact) mass is 403 g/mol. The van der Waals surface area contributed by atoms with E-state index in [-0.39, 0.29) is 17.1 Å². The zero-order valence-electron chi connectivity index (χ0n) is 15.6. The predicted molar refractivity (Wildman–Crippen MR) is 93.0 cm³/mol. The molecule has 11 heteroatoms. The van der Waals surface area contributed by atoms with Crippen molar-refractivity contribution in [1.82, 2.24) is 5.32 Å². The van der Waals surface area contributed by atoms with E-state index in [4.69, 9.17) is 9.47 Å². The van der Waals surface area contributed by atoms with Gasteiger partial charge in [-0.15, -0.1) is 0 Å². The number of hydrogen-bond donors (Lipinski definition) is 3. The number of benzene rings is 1. The van der Waals surface area contributed by atoms with Gasteiger partial charge in [-0.05, 0) is 39.8 Å². The molecule has 3 N–H and O–H groups in total. The Balaban J connectivity index is 2.22. The summed E-state index contributed by atoms with van der Waals surface area (Å²) in [5.74, 6) is -1.53. The average molecular weight is 403 g/mol. The smallest absolute Gasteiger partial charge is 0.416 e. The van der Waals surface area contributed by atoms with Crippen LogP contribution >= 0.6 is 0 Å². The van der Waals surface area contributed by atoms with E-state index in [1.165, 1.54) is 6.92 Å². The molecule has 154 valence electrons. The number of ether oxygens (including phenoxy) is 2. The van der Waals surface area contributed by atoms with Crippen molar-refractivity contribution in [1.29, 1.82) is 0 Å². The van der Waals surface area contributed by atoms with E-state index < -0.39 is 47.9 Å². The molecule has 0 saturated heterocycles. The molecule has 0 aliphatic carbocycles. The molecule has 0 aromatic heterocycles. The first kappa shape index (κ1) is 21.3. The minimum atomic E-state index is -4.71. The summed E-state index contributed by atoms with van der Waals surface area (Å²) in [6.45, 7) is 5.84. The van der Waals surface area contributed by atoms with Crippen LogP contribution in [-0.2, 0) is 20.5 Å². The fourth-order valence-corrected chi connectivity index (χ4v) is 2.25. The molecule has 0 saturated carbocycles. The lowest BCUT2D eigenvalue weighted by atomic mass is 10.1. The van der Waals surface area contributed by atoms with Crippen molar-refractivity contribution >= 4 is 29.3 Å². The van der Waals surface area contributed by atoms with Gasteiger partial charge in [0.25, 0.3) is 5.91 Å². The van der Waals surface area contributed by atoms with E-state index >= 15 is 0 Å². The maximum atomic E-state index is 13.1. The third-order valence-corrected chi connectivity index (χ3v) is 3.42. The molecule has 1 atom stereocenters. The summed E-state index contributed by atoms with van der Waals surface area (Å²) in [7, 11) is 0. The minimum Gasteiger partial charge on any atom is -0.479 e. The van der Waals surface area contributed by atoms with Gasteiger partial charge in [0.1, 0.15) is 11.6 Å². The third kappa shape index (κ3) is 5.51. The van der Waals surface area contributed by atoms with Crippen LogP contribution in [0.3, 0.4) is 0 Å². The third-order valence-electron chi connectivity index (χ3n) is 3.42. The molecule has 28 heavy (non-hydrogen) atoms. The van der Waals surface area contributed by atoms with Crippen LogP contribution in [0.5, 0.6) is 5.75 Å². The molecule has 1 aromatic carbocycles. The summed E-state index contributed by atoms with van der Waals surface area (Å²) in [6.07, 6.45) is -5.57. The maximum Gasteiger partial charge on any atom is 0.416 e. The summed E-state index contributed by atoms with van der Waals surface area (Å²) < 4.78 is 49.5. The van der Waals surface area contributed by atoms with Gasteiger partial charge in [-0.2, -0.15) is 13.2 Å². The first-order chi connectivity index (χ1) is 12.8. The number of nitrogens with one attached hydrogen (secondary N) is 3. The standard InChI is InChI=1S/C17H20F3N3O5/c1-8(21-15(26)28-16(2,3)4)14(25)23-11-6-9(17(18,19)20)5-10-13(11)27-7-12(24)22-10/h5-6,8H,7H2,1-4H3,(H,21,26)(H,22,24)(H,23,25)/t8-/m1/s1. The van der Waals surface area contributed by atoms with Crippen LogP contribution < -0.4 is 20.7 Å². The number of rotatable bonds is 3. The van der Waals surface area contributed by atoms with Crippen molar-refractivity contribution in [2.24, 2.45) is 0 Å². The van der Waals surface area contributed by atoms with E-state index in [1.807, 2.05) is 0 Å². The molecular formula is C17H20F3N3O5. The van der Waals surface area contributed by atoms with E-state index in [0.717, 1.165) is 0 Å². The number of carbonyl (C=O) groups is 3. The molecule has 2 rings (SSSR count). The van der Waals surface area contributed by atoms with Crippen molar-refractivity contribution in [2.45, 2.75) is 45.5 Å². The number of anilines is 2. The molecule has 8 nitrogen and oxygen atoms in total. The van der Waals surface area contributed by atoms with Crippen LogP contribution in [0.2, 0.25) is 0 Å². The predicted octanol–water partition coefficient (Wildman–Crippen LogP) is 2.89. The van der Waals surface area contributed by atoms with Crippen molar-refractivity contribution < 1.29 is 37.0 Å².